The fraction of sp³-hybridized carbons (Fsp3) is 0.190. The van der Waals surface area contributed by atoms with Gasteiger partial charge in [-0.1, -0.05) is 48.5 Å². The fourth-order valence-corrected chi connectivity index (χ4v) is 3.44. The lowest BCUT2D eigenvalue weighted by Gasteiger charge is -2.29. The molecule has 0 saturated carbocycles. The Morgan fingerprint density at radius 2 is 1.93 bits per heavy atom. The van der Waals surface area contributed by atoms with Crippen LogP contribution in [0.3, 0.4) is 0 Å². The van der Waals surface area contributed by atoms with Gasteiger partial charge in [-0.05, 0) is 18.6 Å². The first-order valence-corrected chi connectivity index (χ1v) is 9.01. The minimum Gasteiger partial charge on any atom is -0.496 e. The van der Waals surface area contributed by atoms with Crippen molar-refractivity contribution >= 4 is 11.9 Å². The predicted octanol–water partition coefficient (Wildman–Crippen LogP) is 2.89. The number of anilines is 1. The van der Waals surface area contributed by atoms with Gasteiger partial charge in [0.15, 0.2) is 0 Å². The first-order chi connectivity index (χ1) is 13.7. The molecule has 2 N–H and O–H groups in total. The molecule has 28 heavy (non-hydrogen) atoms. The van der Waals surface area contributed by atoms with Crippen LogP contribution in [0.5, 0.6) is 5.75 Å². The molecule has 1 aromatic heterocycles. The third-order valence-corrected chi connectivity index (χ3v) is 4.77. The number of fused-ring (bicyclic) bond motifs is 1. The van der Waals surface area contributed by atoms with Crippen LogP contribution in [0.25, 0.3) is 0 Å². The van der Waals surface area contributed by atoms with Gasteiger partial charge < -0.3 is 15.4 Å². The van der Waals surface area contributed by atoms with E-state index < -0.39 is 6.04 Å². The molecule has 0 spiro atoms. The van der Waals surface area contributed by atoms with Gasteiger partial charge in [-0.3, -0.25) is 4.79 Å². The second-order valence-corrected chi connectivity index (χ2v) is 6.50. The zero-order valence-electron chi connectivity index (χ0n) is 15.7. The molecule has 2 heterocycles. The number of carbonyl (C=O) groups is 1. The Hall–Kier alpha value is -3.61. The van der Waals surface area contributed by atoms with Crippen LogP contribution >= 0.6 is 0 Å². The van der Waals surface area contributed by atoms with Crippen molar-refractivity contribution in [3.8, 4) is 5.75 Å². The molecule has 1 aliphatic heterocycles. The third kappa shape index (κ3) is 3.22. The van der Waals surface area contributed by atoms with E-state index in [4.69, 9.17) is 4.74 Å². The largest absolute Gasteiger partial charge is 0.496 e. The zero-order chi connectivity index (χ0) is 19.5. The average Bonchev–Trinajstić information content (AvgIpc) is 3.19. The number of methoxy groups -OCH3 is 1. The molecule has 0 fully saturated rings. The summed E-state index contributed by atoms with van der Waals surface area (Å²) in [5, 5.41) is 10.5. The molecular formula is C21H21N5O2. The van der Waals surface area contributed by atoms with Gasteiger partial charge >= 0.3 is 0 Å². The second-order valence-electron chi connectivity index (χ2n) is 6.50. The topological polar surface area (TPSA) is 81.1 Å². The highest BCUT2D eigenvalue weighted by Crippen LogP contribution is 2.38. The second kappa shape index (κ2) is 7.56. The molecule has 0 saturated heterocycles. The SMILES string of the molecule is COc1ccccc1[C@H]1C(C(=O)NCc2ccccc2)=C(C)Nc2ncnn21. The van der Waals surface area contributed by atoms with Gasteiger partial charge in [0.25, 0.3) is 5.91 Å². The summed E-state index contributed by atoms with van der Waals surface area (Å²) in [5.41, 5.74) is 3.20. The smallest absolute Gasteiger partial charge is 0.251 e. The van der Waals surface area contributed by atoms with Gasteiger partial charge in [-0.2, -0.15) is 10.1 Å². The van der Waals surface area contributed by atoms with Crippen LogP contribution < -0.4 is 15.4 Å². The highest BCUT2D eigenvalue weighted by molar-refractivity contribution is 5.96. The number of hydrogen-bond donors (Lipinski definition) is 2. The van der Waals surface area contributed by atoms with Crippen LogP contribution in [0.2, 0.25) is 0 Å². The number of carbonyl (C=O) groups excluding carboxylic acids is 1. The molecule has 7 heteroatoms. The van der Waals surface area contributed by atoms with Gasteiger partial charge in [0.05, 0.1) is 12.7 Å². The number of amides is 1. The highest BCUT2D eigenvalue weighted by atomic mass is 16.5. The van der Waals surface area contributed by atoms with Crippen molar-refractivity contribution in [1.82, 2.24) is 20.1 Å². The number of benzene rings is 2. The summed E-state index contributed by atoms with van der Waals surface area (Å²) in [5.74, 6) is 1.12. The molecule has 0 bridgehead atoms. The van der Waals surface area contributed by atoms with E-state index in [-0.39, 0.29) is 5.91 Å². The number of rotatable bonds is 5. The number of nitrogens with one attached hydrogen (secondary N) is 2. The molecule has 7 nitrogen and oxygen atoms in total. The number of allylic oxidation sites excluding steroid dienone is 1. The van der Waals surface area contributed by atoms with Crippen LogP contribution in [0.4, 0.5) is 5.95 Å². The van der Waals surface area contributed by atoms with Crippen molar-refractivity contribution in [1.29, 1.82) is 0 Å². The molecule has 1 aliphatic rings. The maximum absolute atomic E-state index is 13.2. The van der Waals surface area contributed by atoms with Crippen molar-refractivity contribution in [2.45, 2.75) is 19.5 Å². The fourth-order valence-electron chi connectivity index (χ4n) is 3.44. The van der Waals surface area contributed by atoms with Gasteiger partial charge in [-0.15, -0.1) is 0 Å². The predicted molar refractivity (Wildman–Crippen MR) is 106 cm³/mol. The summed E-state index contributed by atoms with van der Waals surface area (Å²) in [6.45, 7) is 2.32. The lowest BCUT2D eigenvalue weighted by molar-refractivity contribution is -0.118. The van der Waals surface area contributed by atoms with Crippen LogP contribution in [-0.2, 0) is 11.3 Å². The first-order valence-electron chi connectivity index (χ1n) is 9.01. The maximum Gasteiger partial charge on any atom is 0.251 e. The molecule has 142 valence electrons. The van der Waals surface area contributed by atoms with Crippen LogP contribution in [0, 0.1) is 0 Å². The Labute approximate surface area is 163 Å². The van der Waals surface area contributed by atoms with Crippen LogP contribution in [-0.4, -0.2) is 27.8 Å². The van der Waals surface area contributed by atoms with E-state index in [1.54, 1.807) is 11.8 Å². The summed E-state index contributed by atoms with van der Waals surface area (Å²) in [6, 6.07) is 17.0. The highest BCUT2D eigenvalue weighted by Gasteiger charge is 2.34. The minimum absolute atomic E-state index is 0.161. The van der Waals surface area contributed by atoms with E-state index in [1.807, 2.05) is 61.5 Å². The van der Waals surface area contributed by atoms with Crippen molar-refractivity contribution in [2.75, 3.05) is 12.4 Å². The van der Waals surface area contributed by atoms with Crippen LogP contribution in [0.1, 0.15) is 24.1 Å². The van der Waals surface area contributed by atoms with Gasteiger partial charge in [0, 0.05) is 17.8 Å². The van der Waals surface area contributed by atoms with E-state index >= 15 is 0 Å². The van der Waals surface area contributed by atoms with Crippen LogP contribution in [0.15, 0.2) is 72.2 Å². The standard InChI is InChI=1S/C21H21N5O2/c1-14-18(20(27)22-12-15-8-4-3-5-9-15)19(26-21(25-14)23-13-24-26)16-10-6-7-11-17(16)28-2/h3-11,13,19H,12H2,1-2H3,(H,22,27)(H,23,24,25)/t19-/m0/s1. The zero-order valence-corrected chi connectivity index (χ0v) is 15.7. The minimum atomic E-state index is -0.439. The van der Waals surface area contributed by atoms with E-state index in [0.717, 1.165) is 16.8 Å². The summed E-state index contributed by atoms with van der Waals surface area (Å²) >= 11 is 0. The van der Waals surface area contributed by atoms with Crippen molar-refractivity contribution < 1.29 is 9.53 Å². The summed E-state index contributed by atoms with van der Waals surface area (Å²) in [6.07, 6.45) is 1.48. The molecule has 0 unspecified atom stereocenters. The maximum atomic E-state index is 13.2. The first kappa shape index (κ1) is 17.8. The molecule has 1 amide bonds. The molecule has 0 radical (unpaired) electrons. The van der Waals surface area contributed by atoms with E-state index in [9.17, 15) is 4.79 Å². The Morgan fingerprint density at radius 3 is 2.71 bits per heavy atom. The number of ether oxygens (including phenoxy) is 1. The third-order valence-electron chi connectivity index (χ3n) is 4.77. The van der Waals surface area contributed by atoms with Gasteiger partial charge in [0.2, 0.25) is 5.95 Å². The number of nitrogens with zero attached hydrogens (tertiary/aromatic N) is 3. The molecular weight excluding hydrogens is 354 g/mol. The van der Waals surface area contributed by atoms with Gasteiger partial charge in [0.1, 0.15) is 18.1 Å². The van der Waals surface area contributed by atoms with Crippen molar-refractivity contribution in [2.24, 2.45) is 0 Å². The number of hydrogen-bond acceptors (Lipinski definition) is 5. The summed E-state index contributed by atoms with van der Waals surface area (Å²) in [7, 11) is 1.62. The Morgan fingerprint density at radius 1 is 1.18 bits per heavy atom. The Kier molecular flexibility index (Phi) is 4.80. The Bertz CT molecular complexity index is 1030. The van der Waals surface area contributed by atoms with E-state index in [2.05, 4.69) is 20.7 Å². The average molecular weight is 375 g/mol. The normalized spacial score (nSPS) is 15.6. The Balaban J connectivity index is 1.72. The monoisotopic (exact) mass is 375 g/mol. The molecule has 3 aromatic rings. The van der Waals surface area contributed by atoms with Crippen molar-refractivity contribution in [3.05, 3.63) is 83.3 Å². The molecule has 2 aromatic carbocycles. The van der Waals surface area contributed by atoms with E-state index in [1.165, 1.54) is 6.33 Å². The summed E-state index contributed by atoms with van der Waals surface area (Å²) < 4.78 is 7.26. The van der Waals surface area contributed by atoms with E-state index in [0.29, 0.717) is 23.8 Å². The molecule has 0 aliphatic carbocycles. The quantitative estimate of drug-likeness (QED) is 0.717. The summed E-state index contributed by atoms with van der Waals surface area (Å²) in [4.78, 5) is 17.4. The molecule has 1 atom stereocenters. The van der Waals surface area contributed by atoms with Crippen molar-refractivity contribution in [3.63, 3.8) is 0 Å². The lowest BCUT2D eigenvalue weighted by atomic mass is 9.94. The number of para-hydroxylation sites is 1. The lowest BCUT2D eigenvalue weighted by Crippen LogP contribution is -2.35. The van der Waals surface area contributed by atoms with Gasteiger partial charge in [-0.25, -0.2) is 4.68 Å². The molecule has 4 rings (SSSR count). The number of aromatic nitrogens is 3.